The van der Waals surface area contributed by atoms with Crippen LogP contribution in [-0.4, -0.2) is 9.55 Å². The van der Waals surface area contributed by atoms with E-state index in [2.05, 4.69) is 11.3 Å². The topological polar surface area (TPSA) is 27.1 Å². The molecule has 18 heavy (non-hydrogen) atoms. The molecule has 0 unspecified atom stereocenters. The van der Waals surface area contributed by atoms with Crippen molar-refractivity contribution in [2.24, 2.45) is 7.05 Å². The number of fused-ring (bicyclic) bond motifs is 1. The minimum absolute atomic E-state index is 0.814. The van der Waals surface area contributed by atoms with Crippen LogP contribution in [0.5, 0.6) is 11.5 Å². The fraction of sp³-hybridized carbons (Fsp3) is 0.133. The molecule has 0 aliphatic heterocycles. The van der Waals surface area contributed by atoms with Crippen molar-refractivity contribution in [2.45, 2.75) is 6.92 Å². The molecule has 0 atom stereocenters. The summed E-state index contributed by atoms with van der Waals surface area (Å²) in [6.07, 6.45) is 2.89. The second kappa shape index (κ2) is 4.18. The number of hydrogen-bond acceptors (Lipinski definition) is 2. The number of benzene rings is 2. The Morgan fingerprint density at radius 2 is 2.00 bits per heavy atom. The monoisotopic (exact) mass is 237 g/mol. The predicted octanol–water partition coefficient (Wildman–Crippen LogP) is 3.47. The molecule has 2 aromatic carbocycles. The van der Waals surface area contributed by atoms with Gasteiger partial charge < -0.3 is 9.30 Å². The molecule has 0 N–H and O–H groups in total. The molecule has 0 fully saturated rings. The van der Waals surface area contributed by atoms with Gasteiger partial charge in [-0.1, -0.05) is 18.2 Å². The van der Waals surface area contributed by atoms with E-state index in [1.807, 2.05) is 61.0 Å². The Bertz CT molecular complexity index is 701. The number of ether oxygens (including phenoxy) is 1. The van der Waals surface area contributed by atoms with Gasteiger partial charge >= 0.3 is 0 Å². The van der Waals surface area contributed by atoms with Gasteiger partial charge in [0, 0.05) is 13.1 Å². The van der Waals surface area contributed by atoms with Crippen molar-refractivity contribution in [2.75, 3.05) is 0 Å². The summed E-state index contributed by atoms with van der Waals surface area (Å²) in [5, 5.41) is 0. The van der Waals surface area contributed by atoms with Crippen molar-refractivity contribution in [1.82, 2.24) is 9.55 Å². The number of hydrogen-bond donors (Lipinski definition) is 0. The lowest BCUT2D eigenvalue weighted by molar-refractivity contribution is 0.479. The van der Waals surface area contributed by atoms with Gasteiger partial charge in [-0.3, -0.25) is 0 Å². The molecule has 3 heteroatoms. The summed E-state index contributed by atoms with van der Waals surface area (Å²) in [7, 11) is 1.92. The van der Waals surface area contributed by atoms with Gasteiger partial charge in [0.25, 0.3) is 0 Å². The van der Waals surface area contributed by atoms with Crippen LogP contribution in [0.1, 0.15) is 5.56 Å². The highest BCUT2D eigenvalue weighted by Crippen LogP contribution is 2.26. The first kappa shape index (κ1) is 10.8. The standard InChI is InChI=1S/C15H13N2O/c1-11-5-3-4-6-15(11)18-12-7-8-13-14(9-12)17(2)10-16-13/h3-9H,1-2H3. The summed E-state index contributed by atoms with van der Waals surface area (Å²) in [5.41, 5.74) is 3.06. The molecule has 0 bridgehead atoms. The molecule has 1 heterocycles. The zero-order valence-electron chi connectivity index (χ0n) is 10.3. The van der Waals surface area contributed by atoms with Crippen molar-refractivity contribution >= 4 is 11.0 Å². The number of nitrogens with zero attached hydrogens (tertiary/aromatic N) is 2. The second-order valence-corrected chi connectivity index (χ2v) is 4.29. The summed E-state index contributed by atoms with van der Waals surface area (Å²) in [5.74, 6) is 1.69. The van der Waals surface area contributed by atoms with E-state index in [0.717, 1.165) is 28.1 Å². The third-order valence-corrected chi connectivity index (χ3v) is 2.95. The number of rotatable bonds is 2. The summed E-state index contributed by atoms with van der Waals surface area (Å²) in [6, 6.07) is 13.8. The van der Waals surface area contributed by atoms with E-state index in [1.54, 1.807) is 0 Å². The maximum atomic E-state index is 5.89. The number of aryl methyl sites for hydroxylation is 2. The Labute approximate surface area is 106 Å². The first-order chi connectivity index (χ1) is 8.74. The Morgan fingerprint density at radius 1 is 1.17 bits per heavy atom. The maximum absolute atomic E-state index is 5.89. The molecule has 3 aromatic rings. The van der Waals surface area contributed by atoms with Crippen LogP contribution >= 0.6 is 0 Å². The van der Waals surface area contributed by atoms with Crippen LogP contribution in [-0.2, 0) is 7.05 Å². The maximum Gasteiger partial charge on any atom is 0.177 e. The third-order valence-electron chi connectivity index (χ3n) is 2.95. The summed E-state index contributed by atoms with van der Waals surface area (Å²) in [4.78, 5) is 4.17. The fourth-order valence-corrected chi connectivity index (χ4v) is 1.91. The predicted molar refractivity (Wildman–Crippen MR) is 70.8 cm³/mol. The highest BCUT2D eigenvalue weighted by Gasteiger charge is 2.04. The van der Waals surface area contributed by atoms with Crippen molar-refractivity contribution in [3.8, 4) is 11.5 Å². The van der Waals surface area contributed by atoms with Crippen LogP contribution in [0.15, 0.2) is 42.5 Å². The first-order valence-corrected chi connectivity index (χ1v) is 5.82. The highest BCUT2D eigenvalue weighted by molar-refractivity contribution is 5.76. The summed E-state index contributed by atoms with van der Waals surface area (Å²) in [6.45, 7) is 2.03. The van der Waals surface area contributed by atoms with Gasteiger partial charge in [0.2, 0.25) is 0 Å². The van der Waals surface area contributed by atoms with Crippen LogP contribution in [0.25, 0.3) is 11.0 Å². The molecule has 0 saturated heterocycles. The van der Waals surface area contributed by atoms with Gasteiger partial charge in [0.15, 0.2) is 6.33 Å². The fourth-order valence-electron chi connectivity index (χ4n) is 1.91. The summed E-state index contributed by atoms with van der Waals surface area (Å²) >= 11 is 0. The van der Waals surface area contributed by atoms with Crippen molar-refractivity contribution in [3.05, 3.63) is 54.4 Å². The normalized spacial score (nSPS) is 10.8. The molecule has 0 aliphatic carbocycles. The molecule has 89 valence electrons. The smallest absolute Gasteiger partial charge is 0.177 e. The first-order valence-electron chi connectivity index (χ1n) is 5.82. The van der Waals surface area contributed by atoms with Crippen molar-refractivity contribution in [1.29, 1.82) is 0 Å². The largest absolute Gasteiger partial charge is 0.457 e. The average molecular weight is 237 g/mol. The number of para-hydroxylation sites is 1. The van der Waals surface area contributed by atoms with E-state index in [0.29, 0.717) is 0 Å². The molecule has 0 amide bonds. The molecule has 0 aliphatic rings. The lowest BCUT2D eigenvalue weighted by Crippen LogP contribution is -1.89. The lowest BCUT2D eigenvalue weighted by atomic mass is 10.2. The van der Waals surface area contributed by atoms with Gasteiger partial charge in [0.05, 0.1) is 11.0 Å². The molecular formula is C15H13N2O. The van der Waals surface area contributed by atoms with Gasteiger partial charge in [-0.2, -0.15) is 0 Å². The van der Waals surface area contributed by atoms with Crippen LogP contribution in [0.2, 0.25) is 0 Å². The highest BCUT2D eigenvalue weighted by atomic mass is 16.5. The Hall–Kier alpha value is -2.29. The molecule has 0 saturated carbocycles. The minimum Gasteiger partial charge on any atom is -0.457 e. The third kappa shape index (κ3) is 1.84. The number of aromatic nitrogens is 2. The zero-order valence-corrected chi connectivity index (χ0v) is 10.3. The van der Waals surface area contributed by atoms with Crippen LogP contribution in [0, 0.1) is 13.3 Å². The van der Waals surface area contributed by atoms with E-state index >= 15 is 0 Å². The van der Waals surface area contributed by atoms with Crippen LogP contribution in [0.3, 0.4) is 0 Å². The Kier molecular flexibility index (Phi) is 2.52. The van der Waals surface area contributed by atoms with Gasteiger partial charge in [0.1, 0.15) is 11.5 Å². The molecule has 1 aromatic heterocycles. The van der Waals surface area contributed by atoms with Gasteiger partial charge in [-0.15, -0.1) is 0 Å². The molecule has 1 radical (unpaired) electrons. The Morgan fingerprint density at radius 3 is 2.83 bits per heavy atom. The minimum atomic E-state index is 0.814. The van der Waals surface area contributed by atoms with Gasteiger partial charge in [-0.25, -0.2) is 4.98 Å². The quantitative estimate of drug-likeness (QED) is 0.682. The van der Waals surface area contributed by atoms with Crippen molar-refractivity contribution < 1.29 is 4.74 Å². The van der Waals surface area contributed by atoms with E-state index < -0.39 is 0 Å². The average Bonchev–Trinajstić information content (AvgIpc) is 2.74. The van der Waals surface area contributed by atoms with E-state index in [9.17, 15) is 0 Å². The van der Waals surface area contributed by atoms with E-state index in [4.69, 9.17) is 4.74 Å². The molecular weight excluding hydrogens is 224 g/mol. The summed E-state index contributed by atoms with van der Waals surface area (Å²) < 4.78 is 7.75. The SMILES string of the molecule is Cc1ccccc1Oc1ccc2n[c]n(C)c2c1. The molecule has 3 rings (SSSR count). The van der Waals surface area contributed by atoms with Crippen LogP contribution < -0.4 is 4.74 Å². The van der Waals surface area contributed by atoms with Gasteiger partial charge in [-0.05, 0) is 30.7 Å². The molecule has 3 nitrogen and oxygen atoms in total. The Balaban J connectivity index is 2.00. The second-order valence-electron chi connectivity index (χ2n) is 4.29. The zero-order chi connectivity index (χ0) is 12.5. The lowest BCUT2D eigenvalue weighted by Gasteiger charge is -2.08. The molecule has 0 spiro atoms. The van der Waals surface area contributed by atoms with Crippen LogP contribution in [0.4, 0.5) is 0 Å². The number of imidazole rings is 1. The van der Waals surface area contributed by atoms with Crippen molar-refractivity contribution in [3.63, 3.8) is 0 Å². The van der Waals surface area contributed by atoms with E-state index in [1.165, 1.54) is 0 Å². The van der Waals surface area contributed by atoms with E-state index in [-0.39, 0.29) is 0 Å².